The lowest BCUT2D eigenvalue weighted by atomic mass is 10.0. The highest BCUT2D eigenvalue weighted by atomic mass is 35.5. The fraction of sp³-hybridized carbons (Fsp3) is 0.227. The number of pyridine rings is 1. The molecule has 1 N–H and O–H groups in total. The van der Waals surface area contributed by atoms with E-state index in [9.17, 15) is 4.79 Å². The second-order valence-corrected chi connectivity index (χ2v) is 6.95. The minimum Gasteiger partial charge on any atom is -0.267 e. The average Bonchev–Trinajstić information content (AvgIpc) is 2.68. The normalized spacial score (nSPS) is 12.4. The number of halogens is 1. The number of nitrogens with one attached hydrogen (secondary N) is 1. The summed E-state index contributed by atoms with van der Waals surface area (Å²) in [5.74, 6) is 0.0422. The van der Waals surface area contributed by atoms with E-state index in [2.05, 4.69) is 29.4 Å². The molecule has 0 aliphatic heterocycles. The zero-order chi connectivity index (χ0) is 19.2. The predicted molar refractivity (Wildman–Crippen MR) is 112 cm³/mol. The van der Waals surface area contributed by atoms with Gasteiger partial charge in [-0.3, -0.25) is 4.79 Å². The van der Waals surface area contributed by atoms with Crippen molar-refractivity contribution in [2.24, 2.45) is 11.0 Å². The maximum Gasteiger partial charge on any atom is 0.272 e. The molecule has 4 nitrogen and oxygen atoms in total. The van der Waals surface area contributed by atoms with Gasteiger partial charge in [0, 0.05) is 17.2 Å². The average molecular weight is 380 g/mol. The van der Waals surface area contributed by atoms with Gasteiger partial charge >= 0.3 is 0 Å². The molecular formula is C22H22ClN3O. The van der Waals surface area contributed by atoms with E-state index >= 15 is 0 Å². The summed E-state index contributed by atoms with van der Waals surface area (Å²) in [5, 5.41) is 5.34. The minimum atomic E-state index is -0.276. The smallest absolute Gasteiger partial charge is 0.267 e. The Kier molecular flexibility index (Phi) is 6.20. The number of aromatic nitrogens is 1. The Balaban J connectivity index is 2.00. The molecule has 1 amide bonds. The first-order valence-electron chi connectivity index (χ1n) is 9.08. The molecule has 0 saturated carbocycles. The summed E-state index contributed by atoms with van der Waals surface area (Å²) >= 11 is 6.35. The second kappa shape index (κ2) is 8.78. The van der Waals surface area contributed by atoms with Crippen molar-refractivity contribution >= 4 is 34.6 Å². The van der Waals surface area contributed by atoms with Crippen LogP contribution in [-0.4, -0.2) is 17.1 Å². The Morgan fingerprint density at radius 3 is 2.74 bits per heavy atom. The number of hydrogen-bond donors (Lipinski definition) is 1. The standard InChI is InChI=1S/C22H22ClN3O/c1-3-8-15(2)14-24-26-22(27)18-13-20(16-9-5-4-6-10-16)25-21-17(18)11-7-12-19(21)23/h4-7,9-15H,3,8H2,1-2H3,(H,26,27)/b24-14+/t15-/m1/s1. The van der Waals surface area contributed by atoms with Crippen molar-refractivity contribution in [3.05, 3.63) is 65.2 Å². The number of amides is 1. The summed E-state index contributed by atoms with van der Waals surface area (Å²) in [6.45, 7) is 4.20. The highest BCUT2D eigenvalue weighted by Crippen LogP contribution is 2.29. The van der Waals surface area contributed by atoms with Gasteiger partial charge in [-0.15, -0.1) is 0 Å². The van der Waals surface area contributed by atoms with Crippen LogP contribution in [0.4, 0.5) is 0 Å². The largest absolute Gasteiger partial charge is 0.272 e. The molecule has 3 aromatic rings. The highest BCUT2D eigenvalue weighted by molar-refractivity contribution is 6.35. The van der Waals surface area contributed by atoms with Crippen molar-refractivity contribution in [2.75, 3.05) is 0 Å². The Hall–Kier alpha value is -2.72. The number of fused-ring (bicyclic) bond motifs is 1. The molecule has 2 aromatic carbocycles. The van der Waals surface area contributed by atoms with Crippen LogP contribution in [0, 0.1) is 5.92 Å². The number of para-hydroxylation sites is 1. The first-order valence-corrected chi connectivity index (χ1v) is 9.46. The van der Waals surface area contributed by atoms with Crippen LogP contribution in [0.1, 0.15) is 37.0 Å². The van der Waals surface area contributed by atoms with Gasteiger partial charge in [-0.05, 0) is 24.5 Å². The fourth-order valence-corrected chi connectivity index (χ4v) is 3.19. The molecule has 0 bridgehead atoms. The van der Waals surface area contributed by atoms with Crippen LogP contribution in [-0.2, 0) is 0 Å². The van der Waals surface area contributed by atoms with Crippen molar-refractivity contribution in [1.29, 1.82) is 0 Å². The van der Waals surface area contributed by atoms with Crippen molar-refractivity contribution in [3.8, 4) is 11.3 Å². The molecule has 1 heterocycles. The minimum absolute atomic E-state index is 0.276. The van der Waals surface area contributed by atoms with E-state index in [-0.39, 0.29) is 5.91 Å². The van der Waals surface area contributed by atoms with Crippen LogP contribution in [0.25, 0.3) is 22.2 Å². The lowest BCUT2D eigenvalue weighted by Crippen LogP contribution is -2.19. The molecule has 5 heteroatoms. The first-order chi connectivity index (χ1) is 13.1. The summed E-state index contributed by atoms with van der Waals surface area (Å²) in [6, 6.07) is 17.0. The van der Waals surface area contributed by atoms with Gasteiger partial charge in [0.05, 0.1) is 21.8 Å². The molecule has 138 valence electrons. The summed E-state index contributed by atoms with van der Waals surface area (Å²) < 4.78 is 0. The summed E-state index contributed by atoms with van der Waals surface area (Å²) in [5.41, 5.74) is 5.37. The molecule has 0 aliphatic carbocycles. The van der Waals surface area contributed by atoms with Crippen LogP contribution >= 0.6 is 11.6 Å². The van der Waals surface area contributed by atoms with E-state index in [0.29, 0.717) is 33.1 Å². The third kappa shape index (κ3) is 4.52. The number of hydrazone groups is 1. The van der Waals surface area contributed by atoms with Crippen LogP contribution in [0.5, 0.6) is 0 Å². The SMILES string of the molecule is CCC[C@@H](C)/C=N/NC(=O)c1cc(-c2ccccc2)nc2c(Cl)cccc12. The fourth-order valence-electron chi connectivity index (χ4n) is 2.97. The van der Waals surface area contributed by atoms with E-state index in [1.165, 1.54) is 0 Å². The van der Waals surface area contributed by atoms with Crippen molar-refractivity contribution < 1.29 is 4.79 Å². The van der Waals surface area contributed by atoms with Crippen molar-refractivity contribution in [3.63, 3.8) is 0 Å². The zero-order valence-corrected chi connectivity index (χ0v) is 16.2. The van der Waals surface area contributed by atoms with Gasteiger partial charge in [0.2, 0.25) is 0 Å². The number of rotatable bonds is 6. The summed E-state index contributed by atoms with van der Waals surface area (Å²) in [7, 11) is 0. The van der Waals surface area contributed by atoms with Crippen LogP contribution in [0.2, 0.25) is 5.02 Å². The maximum absolute atomic E-state index is 12.8. The lowest BCUT2D eigenvalue weighted by molar-refractivity contribution is 0.0956. The quantitative estimate of drug-likeness (QED) is 0.440. The Bertz CT molecular complexity index is 970. The second-order valence-electron chi connectivity index (χ2n) is 6.54. The number of carbonyl (C=O) groups excluding carboxylic acids is 1. The van der Waals surface area contributed by atoms with Crippen molar-refractivity contribution in [2.45, 2.75) is 26.7 Å². The Morgan fingerprint density at radius 1 is 1.22 bits per heavy atom. The summed E-state index contributed by atoms with van der Waals surface area (Å²) in [4.78, 5) is 17.5. The summed E-state index contributed by atoms with van der Waals surface area (Å²) in [6.07, 6.45) is 3.89. The van der Waals surface area contributed by atoms with Gasteiger partial charge in [0.15, 0.2) is 0 Å². The zero-order valence-electron chi connectivity index (χ0n) is 15.4. The number of benzene rings is 2. The Morgan fingerprint density at radius 2 is 2.00 bits per heavy atom. The lowest BCUT2D eigenvalue weighted by Gasteiger charge is -2.10. The van der Waals surface area contributed by atoms with Crippen LogP contribution in [0.3, 0.4) is 0 Å². The molecule has 0 aliphatic rings. The van der Waals surface area contributed by atoms with Gasteiger partial charge in [-0.2, -0.15) is 5.10 Å². The number of nitrogens with zero attached hydrogens (tertiary/aromatic N) is 2. The molecule has 0 spiro atoms. The number of carbonyl (C=O) groups is 1. The molecule has 3 rings (SSSR count). The van der Waals surface area contributed by atoms with E-state index in [4.69, 9.17) is 11.6 Å². The van der Waals surface area contributed by atoms with Gasteiger partial charge in [-0.25, -0.2) is 10.4 Å². The van der Waals surface area contributed by atoms with Gasteiger partial charge in [0.1, 0.15) is 0 Å². The first kappa shape index (κ1) is 19.1. The molecule has 1 atom stereocenters. The maximum atomic E-state index is 12.8. The monoisotopic (exact) mass is 379 g/mol. The van der Waals surface area contributed by atoms with Crippen molar-refractivity contribution in [1.82, 2.24) is 10.4 Å². The van der Waals surface area contributed by atoms with E-state index in [0.717, 1.165) is 18.4 Å². The van der Waals surface area contributed by atoms with E-state index in [1.54, 1.807) is 18.3 Å². The molecule has 0 unspecified atom stereocenters. The molecule has 27 heavy (non-hydrogen) atoms. The van der Waals surface area contributed by atoms with Gasteiger partial charge in [-0.1, -0.05) is 74.3 Å². The predicted octanol–water partition coefficient (Wildman–Crippen LogP) is 5.71. The topological polar surface area (TPSA) is 54.4 Å². The number of hydrogen-bond acceptors (Lipinski definition) is 3. The highest BCUT2D eigenvalue weighted by Gasteiger charge is 2.15. The molecule has 0 radical (unpaired) electrons. The molecule has 0 fully saturated rings. The van der Waals surface area contributed by atoms with E-state index < -0.39 is 0 Å². The Labute approximate surface area is 164 Å². The molecular weight excluding hydrogens is 358 g/mol. The van der Waals surface area contributed by atoms with Crippen LogP contribution < -0.4 is 5.43 Å². The third-order valence-corrected chi connectivity index (χ3v) is 4.65. The van der Waals surface area contributed by atoms with Gasteiger partial charge < -0.3 is 0 Å². The molecule has 0 saturated heterocycles. The van der Waals surface area contributed by atoms with Crippen LogP contribution in [0.15, 0.2) is 59.7 Å². The van der Waals surface area contributed by atoms with E-state index in [1.807, 2.05) is 42.5 Å². The third-order valence-electron chi connectivity index (χ3n) is 4.34. The molecule has 1 aromatic heterocycles. The van der Waals surface area contributed by atoms with Gasteiger partial charge in [0.25, 0.3) is 5.91 Å².